The van der Waals surface area contributed by atoms with Crippen molar-refractivity contribution in [1.82, 2.24) is 24.3 Å². The summed E-state index contributed by atoms with van der Waals surface area (Å²) in [5.41, 5.74) is 1.62. The molecule has 0 spiro atoms. The largest absolute Gasteiger partial charge is 0.490 e. The number of carbonyl (C=O) groups excluding carboxylic acids is 1. The van der Waals surface area contributed by atoms with E-state index in [-0.39, 0.29) is 24.1 Å². The maximum Gasteiger partial charge on any atom is 0.490 e. The number of carbonyl (C=O) groups is 2. The Kier molecular flexibility index (Phi) is 11.6. The zero-order valence-electron chi connectivity index (χ0n) is 23.3. The second kappa shape index (κ2) is 14.9. The Balaban J connectivity index is 0.000000646. The number of halogens is 4. The van der Waals surface area contributed by atoms with Crippen molar-refractivity contribution in [3.8, 4) is 0 Å². The van der Waals surface area contributed by atoms with E-state index in [0.29, 0.717) is 47.1 Å². The number of aliphatic carboxylic acids is 1. The lowest BCUT2D eigenvalue weighted by Gasteiger charge is -2.34. The molecule has 232 valence electrons. The molecule has 3 heterocycles. The van der Waals surface area contributed by atoms with Gasteiger partial charge in [-0.1, -0.05) is 0 Å². The van der Waals surface area contributed by atoms with Crippen molar-refractivity contribution in [1.29, 1.82) is 0 Å². The van der Waals surface area contributed by atoms with E-state index in [9.17, 15) is 22.8 Å². The van der Waals surface area contributed by atoms with Crippen LogP contribution in [0.5, 0.6) is 0 Å². The van der Waals surface area contributed by atoms with Gasteiger partial charge in [0.05, 0.1) is 11.1 Å². The summed E-state index contributed by atoms with van der Waals surface area (Å²) in [5, 5.41) is 22.4. The SMILES string of the molecule is CC(C)n1cccc(Nc2nc(Nc3ccc(C(=O)N4CCN(CCO)CC4)cc3)ncc2Br)c1=O.O=C(O)C(F)(F)F. The highest BCUT2D eigenvalue weighted by molar-refractivity contribution is 9.10. The molecule has 1 aliphatic rings. The number of nitrogens with zero attached hydrogens (tertiary/aromatic N) is 5. The molecule has 12 nitrogen and oxygen atoms in total. The first-order chi connectivity index (χ1) is 20.3. The molecular weight excluding hydrogens is 639 g/mol. The number of carboxylic acids is 1. The van der Waals surface area contributed by atoms with E-state index in [1.807, 2.05) is 36.9 Å². The molecule has 43 heavy (non-hydrogen) atoms. The van der Waals surface area contributed by atoms with Gasteiger partial charge in [-0.2, -0.15) is 18.2 Å². The van der Waals surface area contributed by atoms with E-state index in [1.165, 1.54) is 0 Å². The molecule has 16 heteroatoms. The molecule has 1 saturated heterocycles. The summed E-state index contributed by atoms with van der Waals surface area (Å²) in [7, 11) is 0. The summed E-state index contributed by atoms with van der Waals surface area (Å²) in [6.07, 6.45) is -1.72. The highest BCUT2D eigenvalue weighted by Gasteiger charge is 2.38. The lowest BCUT2D eigenvalue weighted by molar-refractivity contribution is -0.192. The Morgan fingerprint density at radius 2 is 1.70 bits per heavy atom. The van der Waals surface area contributed by atoms with Gasteiger partial charge in [0.15, 0.2) is 5.82 Å². The van der Waals surface area contributed by atoms with Crippen molar-refractivity contribution in [3.05, 3.63) is 69.2 Å². The topological polar surface area (TPSA) is 153 Å². The number of benzene rings is 1. The first kappa shape index (κ1) is 33.5. The van der Waals surface area contributed by atoms with Crippen LogP contribution in [0.15, 0.2) is 58.1 Å². The van der Waals surface area contributed by atoms with Gasteiger partial charge in [-0.25, -0.2) is 9.78 Å². The minimum atomic E-state index is -5.08. The first-order valence-corrected chi connectivity index (χ1v) is 13.9. The Morgan fingerprint density at radius 1 is 1.07 bits per heavy atom. The van der Waals surface area contributed by atoms with E-state index in [1.54, 1.807) is 35.2 Å². The number of hydrogen-bond acceptors (Lipinski definition) is 9. The highest BCUT2D eigenvalue weighted by Crippen LogP contribution is 2.25. The highest BCUT2D eigenvalue weighted by atomic mass is 79.9. The Bertz CT molecular complexity index is 1460. The van der Waals surface area contributed by atoms with Gasteiger partial charge in [-0.3, -0.25) is 14.5 Å². The lowest BCUT2D eigenvalue weighted by atomic mass is 10.1. The number of amides is 1. The van der Waals surface area contributed by atoms with Crippen LogP contribution >= 0.6 is 15.9 Å². The van der Waals surface area contributed by atoms with Crippen molar-refractivity contribution in [3.63, 3.8) is 0 Å². The molecule has 0 unspecified atom stereocenters. The number of aromatic nitrogens is 3. The summed E-state index contributed by atoms with van der Waals surface area (Å²) < 4.78 is 34.0. The third-order valence-electron chi connectivity index (χ3n) is 6.23. The van der Waals surface area contributed by atoms with E-state index < -0.39 is 12.1 Å². The summed E-state index contributed by atoms with van der Waals surface area (Å²) in [6.45, 7) is 7.48. The predicted octanol–water partition coefficient (Wildman–Crippen LogP) is 3.85. The summed E-state index contributed by atoms with van der Waals surface area (Å²) in [6, 6.07) is 10.7. The zero-order chi connectivity index (χ0) is 31.7. The first-order valence-electron chi connectivity index (χ1n) is 13.1. The second-order valence-electron chi connectivity index (χ2n) is 9.61. The quantitative estimate of drug-likeness (QED) is 0.278. The third kappa shape index (κ3) is 9.49. The van der Waals surface area contributed by atoms with E-state index in [2.05, 4.69) is 41.4 Å². The number of rotatable bonds is 8. The Labute approximate surface area is 253 Å². The number of nitrogens with one attached hydrogen (secondary N) is 2. The number of aliphatic hydroxyl groups excluding tert-OH is 1. The van der Waals surface area contributed by atoms with Crippen LogP contribution in [0, 0.1) is 0 Å². The molecule has 4 rings (SSSR count). The van der Waals surface area contributed by atoms with Crippen LogP contribution in [0.1, 0.15) is 30.2 Å². The molecule has 0 atom stereocenters. The van der Waals surface area contributed by atoms with Crippen LogP contribution < -0.4 is 16.2 Å². The van der Waals surface area contributed by atoms with Crippen molar-refractivity contribution in [2.75, 3.05) is 50.0 Å². The predicted molar refractivity (Wildman–Crippen MR) is 157 cm³/mol. The van der Waals surface area contributed by atoms with Gasteiger partial charge in [-0.15, -0.1) is 0 Å². The molecule has 0 radical (unpaired) electrons. The van der Waals surface area contributed by atoms with Gasteiger partial charge in [0, 0.05) is 62.4 Å². The van der Waals surface area contributed by atoms with Gasteiger partial charge in [0.2, 0.25) is 5.95 Å². The number of aliphatic hydroxyl groups is 1. The molecule has 1 aliphatic heterocycles. The smallest absolute Gasteiger partial charge is 0.475 e. The van der Waals surface area contributed by atoms with Crippen molar-refractivity contribution < 1.29 is 33.0 Å². The van der Waals surface area contributed by atoms with Crippen molar-refractivity contribution in [2.45, 2.75) is 26.1 Å². The van der Waals surface area contributed by atoms with Gasteiger partial charge in [0.25, 0.3) is 11.5 Å². The Hall–Kier alpha value is -4.02. The lowest BCUT2D eigenvalue weighted by Crippen LogP contribution is -2.49. The average Bonchev–Trinajstić information content (AvgIpc) is 2.96. The number of β-amino-alcohol motifs (C(OH)–C–C–N with tert-alkyl or cyclic N) is 1. The van der Waals surface area contributed by atoms with Crippen LogP contribution in [-0.2, 0) is 4.79 Å². The van der Waals surface area contributed by atoms with Crippen LogP contribution in [0.2, 0.25) is 0 Å². The molecule has 4 N–H and O–H groups in total. The standard InChI is InChI=1S/C25H30BrN7O3.C2HF3O2/c1-17(2)33-9-3-4-21(24(33)36)29-22-20(26)16-27-25(30-22)28-19-7-5-18(6-8-19)23(35)32-12-10-31(11-13-32)14-15-34;3-2(4,5)1(6)7/h3-9,16-17,34H,10-15H2,1-2H3,(H2,27,28,29,30);(H,6,7). The number of carboxylic acid groups (broad SMARTS) is 1. The zero-order valence-corrected chi connectivity index (χ0v) is 24.9. The van der Waals surface area contributed by atoms with Crippen LogP contribution in [-0.4, -0.2) is 91.9 Å². The van der Waals surface area contributed by atoms with Crippen LogP contribution in [0.4, 0.5) is 36.3 Å². The molecular formula is C27H31BrF3N7O5. The van der Waals surface area contributed by atoms with Crippen molar-refractivity contribution in [2.24, 2.45) is 0 Å². The molecule has 3 aromatic rings. The van der Waals surface area contributed by atoms with Gasteiger partial charge in [0.1, 0.15) is 5.69 Å². The van der Waals surface area contributed by atoms with Gasteiger partial charge < -0.3 is 30.3 Å². The van der Waals surface area contributed by atoms with Gasteiger partial charge >= 0.3 is 12.1 Å². The summed E-state index contributed by atoms with van der Waals surface area (Å²) >= 11 is 3.44. The number of anilines is 4. The molecule has 2 aromatic heterocycles. The summed E-state index contributed by atoms with van der Waals surface area (Å²) in [5.74, 6) is -1.96. The minimum absolute atomic E-state index is 0.00788. The fraction of sp³-hybridized carbons (Fsp3) is 0.370. The third-order valence-corrected chi connectivity index (χ3v) is 6.81. The monoisotopic (exact) mass is 669 g/mol. The molecule has 0 aliphatic carbocycles. The fourth-order valence-electron chi connectivity index (χ4n) is 3.98. The molecule has 1 fully saturated rings. The Morgan fingerprint density at radius 3 is 2.26 bits per heavy atom. The maximum absolute atomic E-state index is 12.9. The maximum atomic E-state index is 12.9. The van der Waals surface area contributed by atoms with Gasteiger partial charge in [-0.05, 0) is 66.2 Å². The van der Waals surface area contributed by atoms with E-state index in [4.69, 9.17) is 15.0 Å². The molecule has 0 saturated carbocycles. The number of piperazine rings is 1. The fourth-order valence-corrected chi connectivity index (χ4v) is 4.27. The minimum Gasteiger partial charge on any atom is -0.475 e. The van der Waals surface area contributed by atoms with E-state index in [0.717, 1.165) is 18.8 Å². The normalized spacial score (nSPS) is 13.7. The van der Waals surface area contributed by atoms with E-state index >= 15 is 0 Å². The number of alkyl halides is 3. The molecule has 1 aromatic carbocycles. The second-order valence-corrected chi connectivity index (χ2v) is 10.5. The molecule has 1 amide bonds. The summed E-state index contributed by atoms with van der Waals surface area (Å²) in [4.78, 5) is 47.3. The average molecular weight is 670 g/mol. The van der Waals surface area contributed by atoms with Crippen LogP contribution in [0.3, 0.4) is 0 Å². The molecule has 0 bridgehead atoms. The van der Waals surface area contributed by atoms with Crippen molar-refractivity contribution >= 4 is 50.9 Å². The number of hydrogen-bond donors (Lipinski definition) is 4. The number of pyridine rings is 1. The van der Waals surface area contributed by atoms with Crippen LogP contribution in [0.25, 0.3) is 0 Å².